The summed E-state index contributed by atoms with van der Waals surface area (Å²) in [5.41, 5.74) is 0.687. The van der Waals surface area contributed by atoms with E-state index in [0.29, 0.717) is 11.4 Å². The molecule has 0 radical (unpaired) electrons. The van der Waals surface area contributed by atoms with Crippen molar-refractivity contribution in [2.75, 3.05) is 10.6 Å². The zero-order chi connectivity index (χ0) is 22.5. The lowest BCUT2D eigenvalue weighted by Crippen LogP contribution is -2.42. The normalized spacial score (nSPS) is 11.3. The fourth-order valence-electron chi connectivity index (χ4n) is 2.22. The van der Waals surface area contributed by atoms with Crippen LogP contribution in [0.15, 0.2) is 58.3 Å². The molecule has 0 aliphatic heterocycles. The Labute approximate surface area is 173 Å². The summed E-state index contributed by atoms with van der Waals surface area (Å²) in [7, 11) is -8.73. The minimum absolute atomic E-state index is 0.316. The van der Waals surface area contributed by atoms with Crippen LogP contribution >= 0.6 is 0 Å². The molecule has 11 nitrogen and oxygen atoms in total. The lowest BCUT2D eigenvalue weighted by molar-refractivity contribution is -0.115. The van der Waals surface area contributed by atoms with Crippen molar-refractivity contribution in [1.29, 1.82) is 0 Å². The van der Waals surface area contributed by atoms with E-state index in [1.807, 2.05) is 0 Å². The van der Waals surface area contributed by atoms with E-state index in [9.17, 15) is 31.2 Å². The minimum Gasteiger partial charge on any atom is -0.326 e. The van der Waals surface area contributed by atoms with Crippen LogP contribution in [0.1, 0.15) is 13.8 Å². The molecule has 0 aromatic heterocycles. The molecule has 2 rings (SSSR count). The van der Waals surface area contributed by atoms with Crippen LogP contribution in [0.25, 0.3) is 0 Å². The molecule has 0 spiro atoms. The SMILES string of the molecule is CC(=O)Nc1ccc(S(=O)(=O)NC(=O)NS(=O)(=O)c2ccc(NC(C)=O)cc2)cc1. The average Bonchev–Trinajstić information content (AvgIpc) is 2.60. The highest BCUT2D eigenvalue weighted by molar-refractivity contribution is 7.91. The Bertz CT molecular complexity index is 1080. The van der Waals surface area contributed by atoms with Crippen molar-refractivity contribution in [3.8, 4) is 0 Å². The Morgan fingerprint density at radius 1 is 0.600 bits per heavy atom. The van der Waals surface area contributed by atoms with Crippen LogP contribution in [0, 0.1) is 0 Å². The summed E-state index contributed by atoms with van der Waals surface area (Å²) in [5, 5.41) is 4.90. The Morgan fingerprint density at radius 2 is 0.900 bits per heavy atom. The zero-order valence-corrected chi connectivity index (χ0v) is 17.4. The van der Waals surface area contributed by atoms with E-state index in [1.54, 1.807) is 9.44 Å². The van der Waals surface area contributed by atoms with Crippen molar-refractivity contribution in [2.24, 2.45) is 0 Å². The van der Waals surface area contributed by atoms with Crippen LogP contribution in [-0.2, 0) is 29.6 Å². The molecule has 0 aliphatic carbocycles. The van der Waals surface area contributed by atoms with Crippen LogP contribution in [-0.4, -0.2) is 34.7 Å². The van der Waals surface area contributed by atoms with Gasteiger partial charge >= 0.3 is 6.03 Å². The molecule has 0 aliphatic rings. The second kappa shape index (κ2) is 8.92. The third-order valence-electron chi connectivity index (χ3n) is 3.42. The number of rotatable bonds is 6. The van der Waals surface area contributed by atoms with E-state index in [4.69, 9.17) is 0 Å². The molecule has 0 saturated heterocycles. The first-order chi connectivity index (χ1) is 13.9. The molecule has 30 heavy (non-hydrogen) atoms. The molecule has 0 bridgehead atoms. The van der Waals surface area contributed by atoms with E-state index in [-0.39, 0.29) is 21.6 Å². The van der Waals surface area contributed by atoms with Crippen LogP contribution in [0.5, 0.6) is 0 Å². The number of hydrogen-bond acceptors (Lipinski definition) is 7. The summed E-state index contributed by atoms with van der Waals surface area (Å²) < 4.78 is 52.2. The van der Waals surface area contributed by atoms with Crippen LogP contribution < -0.4 is 20.1 Å². The van der Waals surface area contributed by atoms with Crippen molar-refractivity contribution in [2.45, 2.75) is 23.6 Å². The van der Waals surface area contributed by atoms with Gasteiger partial charge in [-0.15, -0.1) is 0 Å². The predicted octanol–water partition coefficient (Wildman–Crippen LogP) is 0.980. The Balaban J connectivity index is 2.09. The Hall–Kier alpha value is -3.45. The Morgan fingerprint density at radius 3 is 1.17 bits per heavy atom. The Kier molecular flexibility index (Phi) is 6.79. The highest BCUT2D eigenvalue weighted by atomic mass is 32.2. The first kappa shape index (κ1) is 22.8. The molecule has 0 atom stereocenters. The van der Waals surface area contributed by atoms with Gasteiger partial charge in [0.2, 0.25) is 11.8 Å². The van der Waals surface area contributed by atoms with Gasteiger partial charge in [0, 0.05) is 25.2 Å². The maximum absolute atomic E-state index is 12.3. The number of nitrogens with one attached hydrogen (secondary N) is 4. The standard InChI is InChI=1S/C17H18N4O7S2/c1-11(22)18-13-3-7-15(8-4-13)29(25,26)20-17(24)21-30(27,28)16-9-5-14(6-10-16)19-12(2)23/h3-10H,1-2H3,(H,18,22)(H,19,23)(H2,20,21,24). The number of anilines is 2. The fourth-order valence-corrected chi connectivity index (χ4v) is 4.10. The van der Waals surface area contributed by atoms with Crippen molar-refractivity contribution < 1.29 is 31.2 Å². The number of hydrogen-bond donors (Lipinski definition) is 4. The van der Waals surface area contributed by atoms with E-state index in [2.05, 4.69) is 10.6 Å². The maximum Gasteiger partial charge on any atom is 0.342 e. The lowest BCUT2D eigenvalue weighted by atomic mass is 10.3. The maximum atomic E-state index is 12.3. The van der Waals surface area contributed by atoms with Crippen molar-refractivity contribution in [3.05, 3.63) is 48.5 Å². The molecule has 2 aromatic carbocycles. The second-order valence-electron chi connectivity index (χ2n) is 5.95. The van der Waals surface area contributed by atoms with E-state index < -0.39 is 26.1 Å². The highest BCUT2D eigenvalue weighted by Crippen LogP contribution is 2.15. The molecule has 0 unspecified atom stereocenters. The topological polar surface area (TPSA) is 168 Å². The summed E-state index contributed by atoms with van der Waals surface area (Å²) in [6.45, 7) is 2.56. The third-order valence-corrected chi connectivity index (χ3v) is 6.12. The molecular weight excluding hydrogens is 436 g/mol. The number of sulfonamides is 2. The molecule has 13 heteroatoms. The van der Waals surface area contributed by atoms with Gasteiger partial charge in [-0.05, 0) is 48.5 Å². The van der Waals surface area contributed by atoms with Crippen LogP contribution in [0.4, 0.5) is 16.2 Å². The third kappa shape index (κ3) is 6.28. The summed E-state index contributed by atoms with van der Waals surface area (Å²) in [5.74, 6) is -0.697. The second-order valence-corrected chi connectivity index (χ2v) is 9.32. The largest absolute Gasteiger partial charge is 0.342 e. The fraction of sp³-hybridized carbons (Fsp3) is 0.118. The predicted molar refractivity (Wildman–Crippen MR) is 108 cm³/mol. The highest BCUT2D eigenvalue weighted by Gasteiger charge is 2.23. The molecule has 0 saturated carbocycles. The van der Waals surface area contributed by atoms with E-state index in [1.165, 1.54) is 38.1 Å². The summed E-state index contributed by atoms with van der Waals surface area (Å²) >= 11 is 0. The van der Waals surface area contributed by atoms with Gasteiger partial charge < -0.3 is 10.6 Å². The summed E-state index contributed by atoms with van der Waals surface area (Å²) in [6.07, 6.45) is 0. The number of urea groups is 1. The van der Waals surface area contributed by atoms with Crippen molar-refractivity contribution in [1.82, 2.24) is 9.44 Å². The number of carbonyl (C=O) groups is 3. The molecule has 0 fully saturated rings. The minimum atomic E-state index is -4.37. The first-order valence-electron chi connectivity index (χ1n) is 8.24. The summed E-state index contributed by atoms with van der Waals surface area (Å²) in [4.78, 5) is 33.3. The molecule has 4 N–H and O–H groups in total. The average molecular weight is 454 g/mol. The number of carbonyl (C=O) groups excluding carboxylic acids is 3. The quantitative estimate of drug-likeness (QED) is 0.504. The van der Waals surface area contributed by atoms with Crippen LogP contribution in [0.2, 0.25) is 0 Å². The van der Waals surface area contributed by atoms with E-state index in [0.717, 1.165) is 24.3 Å². The van der Waals surface area contributed by atoms with Gasteiger partial charge in [-0.1, -0.05) is 0 Å². The molecule has 0 heterocycles. The lowest BCUT2D eigenvalue weighted by Gasteiger charge is -2.10. The first-order valence-corrected chi connectivity index (χ1v) is 11.2. The van der Waals surface area contributed by atoms with E-state index >= 15 is 0 Å². The summed E-state index contributed by atoms with van der Waals surface area (Å²) in [6, 6.07) is 8.29. The number of amides is 4. The van der Waals surface area contributed by atoms with Gasteiger partial charge in [-0.2, -0.15) is 0 Å². The van der Waals surface area contributed by atoms with Gasteiger partial charge in [-0.25, -0.2) is 31.1 Å². The van der Waals surface area contributed by atoms with Gasteiger partial charge in [0.1, 0.15) is 0 Å². The molecule has 160 valence electrons. The smallest absolute Gasteiger partial charge is 0.326 e. The number of benzene rings is 2. The van der Waals surface area contributed by atoms with Crippen molar-refractivity contribution >= 4 is 49.3 Å². The molecule has 4 amide bonds. The van der Waals surface area contributed by atoms with Crippen LogP contribution in [0.3, 0.4) is 0 Å². The van der Waals surface area contributed by atoms with Gasteiger partial charge in [-0.3, -0.25) is 9.59 Å². The molecule has 2 aromatic rings. The van der Waals surface area contributed by atoms with Gasteiger partial charge in [0.05, 0.1) is 9.79 Å². The monoisotopic (exact) mass is 454 g/mol. The molecular formula is C17H18N4O7S2. The van der Waals surface area contributed by atoms with Crippen molar-refractivity contribution in [3.63, 3.8) is 0 Å². The van der Waals surface area contributed by atoms with Gasteiger partial charge in [0.25, 0.3) is 20.0 Å². The zero-order valence-electron chi connectivity index (χ0n) is 15.8. The van der Waals surface area contributed by atoms with Gasteiger partial charge in [0.15, 0.2) is 0 Å².